The molecule has 1 aromatic heterocycles. The molecule has 0 aliphatic carbocycles. The third-order valence-corrected chi connectivity index (χ3v) is 6.72. The van der Waals surface area contributed by atoms with Crippen LogP contribution < -0.4 is 10.6 Å². The molecule has 4 N–H and O–H groups in total. The number of nitrogens with zero attached hydrogens (tertiary/aromatic N) is 2. The van der Waals surface area contributed by atoms with E-state index in [0.29, 0.717) is 35.6 Å². The lowest BCUT2D eigenvalue weighted by Crippen LogP contribution is -2.47. The standard InChI is InChI=1S/C28H38N4O6/c1-5-7-8-10-21(24(6-2)32(38)18-33)25(34)29-17-30-26(35)23-12-9-11-22(31-23)19-13-15-20(16-14-19)28(3,4)27(36)37/h9,11-16,18,21,24,38H,5-8,10,17H2,1-4H3,(H,29,34)(H,30,35)(H,36,37)/t21-,24-/m1/s1. The average Bonchev–Trinajstić information content (AvgIpc) is 2.92. The Morgan fingerprint density at radius 1 is 1.05 bits per heavy atom. The van der Waals surface area contributed by atoms with E-state index in [1.807, 2.05) is 6.92 Å². The van der Waals surface area contributed by atoms with Crippen molar-refractivity contribution in [3.05, 3.63) is 53.7 Å². The Morgan fingerprint density at radius 2 is 1.74 bits per heavy atom. The molecule has 0 unspecified atom stereocenters. The molecule has 38 heavy (non-hydrogen) atoms. The number of aliphatic carboxylic acids is 1. The van der Waals surface area contributed by atoms with E-state index in [9.17, 15) is 29.5 Å². The van der Waals surface area contributed by atoms with Crippen LogP contribution in [0.2, 0.25) is 0 Å². The van der Waals surface area contributed by atoms with E-state index in [1.54, 1.807) is 63.2 Å². The zero-order chi connectivity index (χ0) is 28.3. The van der Waals surface area contributed by atoms with E-state index in [2.05, 4.69) is 15.6 Å². The highest BCUT2D eigenvalue weighted by Crippen LogP contribution is 2.26. The van der Waals surface area contributed by atoms with Gasteiger partial charge in [0.05, 0.1) is 29.7 Å². The van der Waals surface area contributed by atoms with Crippen molar-refractivity contribution in [3.63, 3.8) is 0 Å². The van der Waals surface area contributed by atoms with E-state index in [4.69, 9.17) is 0 Å². The van der Waals surface area contributed by atoms with Gasteiger partial charge in [-0.3, -0.25) is 24.4 Å². The number of benzene rings is 1. The first-order valence-corrected chi connectivity index (χ1v) is 12.9. The van der Waals surface area contributed by atoms with E-state index in [0.717, 1.165) is 24.8 Å². The van der Waals surface area contributed by atoms with Crippen LogP contribution in [0.4, 0.5) is 0 Å². The first kappa shape index (κ1) is 30.4. The van der Waals surface area contributed by atoms with Gasteiger partial charge in [-0.25, -0.2) is 10.0 Å². The Kier molecular flexibility index (Phi) is 11.4. The molecule has 0 saturated heterocycles. The van der Waals surface area contributed by atoms with E-state index >= 15 is 0 Å². The predicted octanol–water partition coefficient (Wildman–Crippen LogP) is 3.74. The van der Waals surface area contributed by atoms with Gasteiger partial charge in [-0.05, 0) is 44.4 Å². The lowest BCUT2D eigenvalue weighted by atomic mass is 9.84. The maximum absolute atomic E-state index is 12.9. The van der Waals surface area contributed by atoms with Gasteiger partial charge in [-0.1, -0.05) is 63.4 Å². The summed E-state index contributed by atoms with van der Waals surface area (Å²) in [6.07, 6.45) is 3.87. The van der Waals surface area contributed by atoms with E-state index in [1.165, 1.54) is 0 Å². The van der Waals surface area contributed by atoms with Gasteiger partial charge in [0.2, 0.25) is 12.3 Å². The summed E-state index contributed by atoms with van der Waals surface area (Å²) in [6.45, 7) is 6.95. The summed E-state index contributed by atoms with van der Waals surface area (Å²) in [5.74, 6) is -2.39. The molecule has 10 nitrogen and oxygen atoms in total. The number of carbonyl (C=O) groups excluding carboxylic acids is 3. The summed E-state index contributed by atoms with van der Waals surface area (Å²) >= 11 is 0. The van der Waals surface area contributed by atoms with Crippen LogP contribution in [0, 0.1) is 5.92 Å². The summed E-state index contributed by atoms with van der Waals surface area (Å²) in [6, 6.07) is 11.3. The molecule has 2 rings (SSSR count). The normalized spacial score (nSPS) is 12.8. The second-order valence-electron chi connectivity index (χ2n) is 9.70. The summed E-state index contributed by atoms with van der Waals surface area (Å²) in [5.41, 5.74) is 1.03. The number of carboxylic acid groups (broad SMARTS) is 1. The summed E-state index contributed by atoms with van der Waals surface area (Å²) in [7, 11) is 0. The highest BCUT2D eigenvalue weighted by Gasteiger charge is 2.31. The first-order valence-electron chi connectivity index (χ1n) is 12.9. The van der Waals surface area contributed by atoms with Gasteiger partial charge in [0.25, 0.3) is 5.91 Å². The van der Waals surface area contributed by atoms with E-state index < -0.39 is 29.3 Å². The number of hydrogen-bond acceptors (Lipinski definition) is 6. The minimum absolute atomic E-state index is 0.143. The number of carboxylic acids is 1. The number of unbranched alkanes of at least 4 members (excludes halogenated alkanes) is 2. The Balaban J connectivity index is 2.05. The van der Waals surface area contributed by atoms with Crippen LogP contribution in [-0.2, 0) is 19.8 Å². The topological polar surface area (TPSA) is 149 Å². The van der Waals surface area contributed by atoms with Crippen LogP contribution in [0.1, 0.15) is 75.9 Å². The number of hydroxylamine groups is 2. The first-order chi connectivity index (χ1) is 18.1. The molecule has 0 bridgehead atoms. The van der Waals surface area contributed by atoms with Crippen LogP contribution in [0.3, 0.4) is 0 Å². The summed E-state index contributed by atoms with van der Waals surface area (Å²) in [4.78, 5) is 52.6. The number of aromatic nitrogens is 1. The number of rotatable bonds is 15. The molecule has 1 aromatic carbocycles. The van der Waals surface area contributed by atoms with Gasteiger partial charge in [0, 0.05) is 5.56 Å². The monoisotopic (exact) mass is 526 g/mol. The number of amides is 3. The van der Waals surface area contributed by atoms with Gasteiger partial charge in [-0.15, -0.1) is 0 Å². The Labute approximate surface area is 223 Å². The van der Waals surface area contributed by atoms with Crippen molar-refractivity contribution in [3.8, 4) is 11.3 Å². The van der Waals surface area contributed by atoms with Crippen molar-refractivity contribution in [2.24, 2.45) is 5.92 Å². The Morgan fingerprint density at radius 3 is 2.32 bits per heavy atom. The lowest BCUT2D eigenvalue weighted by molar-refractivity contribution is -0.168. The van der Waals surface area contributed by atoms with Gasteiger partial charge >= 0.3 is 5.97 Å². The number of carbonyl (C=O) groups is 4. The van der Waals surface area contributed by atoms with Gasteiger partial charge in [-0.2, -0.15) is 0 Å². The minimum atomic E-state index is -1.03. The van der Waals surface area contributed by atoms with Crippen LogP contribution in [0.25, 0.3) is 11.3 Å². The highest BCUT2D eigenvalue weighted by atomic mass is 16.5. The van der Waals surface area contributed by atoms with Crippen molar-refractivity contribution in [2.45, 2.75) is 71.3 Å². The quantitative estimate of drug-likeness (QED) is 0.0908. The Hall–Kier alpha value is -3.79. The van der Waals surface area contributed by atoms with E-state index in [-0.39, 0.29) is 18.3 Å². The largest absolute Gasteiger partial charge is 0.481 e. The fraction of sp³-hybridized carbons (Fsp3) is 0.464. The van der Waals surface area contributed by atoms with Crippen LogP contribution in [0.15, 0.2) is 42.5 Å². The SMILES string of the molecule is CCCCC[C@@H](C(=O)NCNC(=O)c1cccc(-c2ccc(C(C)(C)C(=O)O)cc2)n1)[C@@H](CC)N(O)C=O. The molecule has 2 atom stereocenters. The molecule has 3 amide bonds. The summed E-state index contributed by atoms with van der Waals surface area (Å²) in [5, 5.41) is 25.2. The van der Waals surface area contributed by atoms with Gasteiger partial charge in [0.1, 0.15) is 5.69 Å². The molecular weight excluding hydrogens is 488 g/mol. The molecule has 2 aromatic rings. The van der Waals surface area contributed by atoms with Crippen LogP contribution in [-0.4, -0.2) is 57.3 Å². The minimum Gasteiger partial charge on any atom is -0.481 e. The van der Waals surface area contributed by atoms with Crippen LogP contribution in [0.5, 0.6) is 0 Å². The Bertz CT molecular complexity index is 1100. The molecule has 0 aliphatic heterocycles. The fourth-order valence-electron chi connectivity index (χ4n) is 4.18. The van der Waals surface area contributed by atoms with Gasteiger partial charge in [0.15, 0.2) is 0 Å². The smallest absolute Gasteiger partial charge is 0.313 e. The zero-order valence-corrected chi connectivity index (χ0v) is 22.4. The number of hydrogen-bond donors (Lipinski definition) is 4. The molecule has 1 heterocycles. The zero-order valence-electron chi connectivity index (χ0n) is 22.4. The van der Waals surface area contributed by atoms with Crippen molar-refractivity contribution in [1.29, 1.82) is 0 Å². The fourth-order valence-corrected chi connectivity index (χ4v) is 4.18. The lowest BCUT2D eigenvalue weighted by Gasteiger charge is -2.29. The molecule has 206 valence electrons. The van der Waals surface area contributed by atoms with Crippen molar-refractivity contribution >= 4 is 24.2 Å². The predicted molar refractivity (Wildman–Crippen MR) is 142 cm³/mol. The second kappa shape index (κ2) is 14.2. The number of nitrogens with one attached hydrogen (secondary N) is 2. The maximum Gasteiger partial charge on any atom is 0.313 e. The molecular formula is C28H38N4O6. The maximum atomic E-state index is 12.9. The molecule has 0 fully saturated rings. The second-order valence-corrected chi connectivity index (χ2v) is 9.70. The number of pyridine rings is 1. The molecule has 10 heteroatoms. The third-order valence-electron chi connectivity index (χ3n) is 6.72. The summed E-state index contributed by atoms with van der Waals surface area (Å²) < 4.78 is 0. The molecule has 0 aliphatic rings. The van der Waals surface area contributed by atoms with Gasteiger partial charge < -0.3 is 15.7 Å². The average molecular weight is 527 g/mol. The molecule has 0 spiro atoms. The highest BCUT2D eigenvalue weighted by molar-refractivity contribution is 5.93. The van der Waals surface area contributed by atoms with Crippen molar-refractivity contribution < 1.29 is 29.5 Å². The molecule has 0 radical (unpaired) electrons. The molecule has 0 saturated carbocycles. The van der Waals surface area contributed by atoms with Crippen molar-refractivity contribution in [1.82, 2.24) is 20.7 Å². The third kappa shape index (κ3) is 7.85. The van der Waals surface area contributed by atoms with Crippen molar-refractivity contribution in [2.75, 3.05) is 6.67 Å². The van der Waals surface area contributed by atoms with Crippen LogP contribution >= 0.6 is 0 Å².